The van der Waals surface area contributed by atoms with Crippen LogP contribution in [0.1, 0.15) is 17.2 Å². The maximum Gasteiger partial charge on any atom is 0.295 e. The molecule has 6 nitrogen and oxygen atoms in total. The van der Waals surface area contributed by atoms with Crippen LogP contribution < -0.4 is 0 Å². The average Bonchev–Trinajstić information content (AvgIpc) is 2.92. The van der Waals surface area contributed by atoms with Gasteiger partial charge in [-0.15, -0.1) is 0 Å². The van der Waals surface area contributed by atoms with E-state index in [1.165, 1.54) is 35.2 Å². The van der Waals surface area contributed by atoms with Crippen LogP contribution in [-0.4, -0.2) is 58.9 Å². The molecule has 2 N–H and O–H groups in total. The minimum atomic E-state index is -0.837. The number of hydrogen-bond acceptors (Lipinski definition) is 5. The van der Waals surface area contributed by atoms with Gasteiger partial charge in [0.05, 0.1) is 21.7 Å². The molecule has 2 aromatic rings. The molecule has 0 aromatic heterocycles. The number of hydrogen-bond donors (Lipinski definition) is 2. The molecule has 1 saturated heterocycles. The fourth-order valence-corrected chi connectivity index (χ4v) is 3.56. The molecule has 0 bridgehead atoms. The van der Waals surface area contributed by atoms with Gasteiger partial charge in [-0.05, 0) is 50.0 Å². The lowest BCUT2D eigenvalue weighted by Gasteiger charge is -2.26. The largest absolute Gasteiger partial charge is 0.508 e. The van der Waals surface area contributed by atoms with Crippen LogP contribution in [0.4, 0.5) is 0 Å². The van der Waals surface area contributed by atoms with Gasteiger partial charge in [-0.2, -0.15) is 0 Å². The molecule has 0 radical (unpaired) electrons. The molecule has 1 aliphatic rings. The SMILES string of the molecule is CN(C)CCN1C(=O)C(=O)/C(=C(\O)c2ccc(Cl)c(Cl)c2)C1c1cccc(O)c1. The van der Waals surface area contributed by atoms with E-state index >= 15 is 0 Å². The molecule has 29 heavy (non-hydrogen) atoms. The van der Waals surface area contributed by atoms with Crippen molar-refractivity contribution in [2.45, 2.75) is 6.04 Å². The van der Waals surface area contributed by atoms with Crippen molar-refractivity contribution >= 4 is 40.7 Å². The quantitative estimate of drug-likeness (QED) is 0.426. The van der Waals surface area contributed by atoms with Gasteiger partial charge in [-0.3, -0.25) is 9.59 Å². The number of ketones is 1. The number of aliphatic hydroxyl groups excluding tert-OH is 1. The molecule has 1 amide bonds. The second-order valence-electron chi connectivity index (χ2n) is 7.02. The number of aromatic hydroxyl groups is 1. The van der Waals surface area contributed by atoms with Gasteiger partial charge < -0.3 is 20.0 Å². The van der Waals surface area contributed by atoms with Crippen molar-refractivity contribution in [2.75, 3.05) is 27.2 Å². The highest BCUT2D eigenvalue weighted by Gasteiger charge is 2.46. The Labute approximate surface area is 178 Å². The second kappa shape index (κ2) is 8.45. The second-order valence-corrected chi connectivity index (χ2v) is 7.83. The van der Waals surface area contributed by atoms with E-state index in [1.54, 1.807) is 12.1 Å². The lowest BCUT2D eigenvalue weighted by atomic mass is 9.95. The van der Waals surface area contributed by atoms with Crippen LogP contribution in [0.15, 0.2) is 48.0 Å². The number of Topliss-reactive ketones (excluding diaryl/α,β-unsaturated/α-hetero) is 1. The summed E-state index contributed by atoms with van der Waals surface area (Å²) in [4.78, 5) is 28.9. The number of aliphatic hydroxyl groups is 1. The lowest BCUT2D eigenvalue weighted by molar-refractivity contribution is -0.140. The van der Waals surface area contributed by atoms with Crippen LogP contribution in [0.25, 0.3) is 5.76 Å². The zero-order valence-corrected chi connectivity index (χ0v) is 17.4. The predicted molar refractivity (Wildman–Crippen MR) is 112 cm³/mol. The minimum Gasteiger partial charge on any atom is -0.508 e. The Hall–Kier alpha value is -2.54. The number of halogens is 2. The number of nitrogens with zero attached hydrogens (tertiary/aromatic N) is 2. The Morgan fingerprint density at radius 2 is 1.83 bits per heavy atom. The van der Waals surface area contributed by atoms with Gasteiger partial charge in [0.2, 0.25) is 0 Å². The van der Waals surface area contributed by atoms with E-state index < -0.39 is 17.7 Å². The summed E-state index contributed by atoms with van der Waals surface area (Å²) in [6.07, 6.45) is 0. The van der Waals surface area contributed by atoms with Crippen molar-refractivity contribution in [1.29, 1.82) is 0 Å². The highest BCUT2D eigenvalue weighted by molar-refractivity contribution is 6.46. The maximum atomic E-state index is 12.9. The van der Waals surface area contributed by atoms with E-state index in [0.717, 1.165) is 0 Å². The summed E-state index contributed by atoms with van der Waals surface area (Å²) in [5, 5.41) is 21.4. The normalized spacial score (nSPS) is 18.7. The molecule has 1 atom stereocenters. The predicted octanol–water partition coefficient (Wildman–Crippen LogP) is 3.68. The van der Waals surface area contributed by atoms with Crippen LogP contribution in [-0.2, 0) is 9.59 Å². The summed E-state index contributed by atoms with van der Waals surface area (Å²) >= 11 is 12.0. The molecule has 1 fully saturated rings. The molecule has 0 saturated carbocycles. The molecule has 3 rings (SSSR count). The number of amides is 1. The Bertz CT molecular complexity index is 1000. The molecular weight excluding hydrogens is 415 g/mol. The standard InChI is InChI=1S/C21H20Cl2N2O4/c1-24(2)8-9-25-18(12-4-3-5-14(26)10-12)17(20(28)21(25)29)19(27)13-6-7-15(22)16(23)11-13/h3-7,10-11,18,26-27H,8-9H2,1-2H3/b19-17-. The number of benzene rings is 2. The molecule has 1 unspecified atom stereocenters. The van der Waals surface area contributed by atoms with Gasteiger partial charge in [-0.25, -0.2) is 0 Å². The molecule has 0 aliphatic carbocycles. The number of rotatable bonds is 5. The third kappa shape index (κ3) is 4.24. The summed E-state index contributed by atoms with van der Waals surface area (Å²) in [6, 6.07) is 9.91. The first-order valence-electron chi connectivity index (χ1n) is 8.88. The number of phenols is 1. The van der Waals surface area contributed by atoms with E-state index in [2.05, 4.69) is 0 Å². The molecule has 8 heteroatoms. The molecular formula is C21H20Cl2N2O4. The maximum absolute atomic E-state index is 12.9. The zero-order chi connectivity index (χ0) is 21.3. The average molecular weight is 435 g/mol. The van der Waals surface area contributed by atoms with E-state index in [9.17, 15) is 19.8 Å². The van der Waals surface area contributed by atoms with Crippen molar-refractivity contribution in [2.24, 2.45) is 0 Å². The Balaban J connectivity index is 2.17. The number of likely N-dealkylation sites (tertiary alicyclic amines) is 1. The first-order chi connectivity index (χ1) is 13.7. The topological polar surface area (TPSA) is 81.1 Å². The van der Waals surface area contributed by atoms with Crippen molar-refractivity contribution in [3.63, 3.8) is 0 Å². The van der Waals surface area contributed by atoms with E-state index in [4.69, 9.17) is 23.2 Å². The lowest BCUT2D eigenvalue weighted by Crippen LogP contribution is -2.35. The summed E-state index contributed by atoms with van der Waals surface area (Å²) in [5.41, 5.74) is 0.734. The van der Waals surface area contributed by atoms with Crippen LogP contribution in [0.5, 0.6) is 5.75 Å². The first kappa shape index (κ1) is 21.2. The third-order valence-electron chi connectivity index (χ3n) is 4.71. The van der Waals surface area contributed by atoms with Gasteiger partial charge >= 0.3 is 0 Å². The van der Waals surface area contributed by atoms with Crippen LogP contribution >= 0.6 is 23.2 Å². The molecule has 0 spiro atoms. The Morgan fingerprint density at radius 3 is 2.45 bits per heavy atom. The fraction of sp³-hybridized carbons (Fsp3) is 0.238. The van der Waals surface area contributed by atoms with Gasteiger partial charge in [-0.1, -0.05) is 35.3 Å². The smallest absolute Gasteiger partial charge is 0.295 e. The van der Waals surface area contributed by atoms with E-state index in [0.29, 0.717) is 17.1 Å². The summed E-state index contributed by atoms with van der Waals surface area (Å²) < 4.78 is 0. The van der Waals surface area contributed by atoms with E-state index in [1.807, 2.05) is 19.0 Å². The summed E-state index contributed by atoms with van der Waals surface area (Å²) in [7, 11) is 3.71. The van der Waals surface area contributed by atoms with Crippen LogP contribution in [0.2, 0.25) is 10.0 Å². The number of carbonyl (C=O) groups is 2. The molecule has 152 valence electrons. The zero-order valence-electron chi connectivity index (χ0n) is 15.9. The Morgan fingerprint density at radius 1 is 1.10 bits per heavy atom. The number of phenolic OH excluding ortho intramolecular Hbond substituents is 1. The van der Waals surface area contributed by atoms with E-state index in [-0.39, 0.29) is 34.2 Å². The summed E-state index contributed by atoms with van der Waals surface area (Å²) in [6.45, 7) is 0.797. The summed E-state index contributed by atoms with van der Waals surface area (Å²) in [5.74, 6) is -1.85. The van der Waals surface area contributed by atoms with Gasteiger partial charge in [0.15, 0.2) is 0 Å². The first-order valence-corrected chi connectivity index (χ1v) is 9.63. The number of carbonyl (C=O) groups excluding carboxylic acids is 2. The highest BCUT2D eigenvalue weighted by Crippen LogP contribution is 2.40. The fourth-order valence-electron chi connectivity index (χ4n) is 3.26. The van der Waals surface area contributed by atoms with Crippen LogP contribution in [0.3, 0.4) is 0 Å². The van der Waals surface area contributed by atoms with Crippen molar-refractivity contribution < 1.29 is 19.8 Å². The Kier molecular flexibility index (Phi) is 6.17. The van der Waals surface area contributed by atoms with Crippen molar-refractivity contribution in [1.82, 2.24) is 9.80 Å². The molecule has 2 aromatic carbocycles. The highest BCUT2D eigenvalue weighted by atomic mass is 35.5. The van der Waals surface area contributed by atoms with Crippen molar-refractivity contribution in [3.8, 4) is 5.75 Å². The molecule has 1 aliphatic heterocycles. The minimum absolute atomic E-state index is 0.00441. The molecule has 1 heterocycles. The number of likely N-dealkylation sites (N-methyl/N-ethyl adjacent to an activating group) is 1. The van der Waals surface area contributed by atoms with Crippen molar-refractivity contribution in [3.05, 3.63) is 69.2 Å². The van der Waals surface area contributed by atoms with Gasteiger partial charge in [0.25, 0.3) is 11.7 Å². The monoisotopic (exact) mass is 434 g/mol. The van der Waals surface area contributed by atoms with Gasteiger partial charge in [0.1, 0.15) is 11.5 Å². The van der Waals surface area contributed by atoms with Crippen LogP contribution in [0, 0.1) is 0 Å². The third-order valence-corrected chi connectivity index (χ3v) is 5.45. The van der Waals surface area contributed by atoms with Gasteiger partial charge in [0, 0.05) is 18.7 Å².